The van der Waals surface area contributed by atoms with Gasteiger partial charge in [-0.25, -0.2) is 0 Å². The van der Waals surface area contributed by atoms with E-state index in [1.807, 2.05) is 0 Å². The lowest BCUT2D eigenvalue weighted by atomic mass is 10.3. The minimum absolute atomic E-state index is 0.176. The minimum atomic E-state index is 0.176. The van der Waals surface area contributed by atoms with Gasteiger partial charge in [-0.2, -0.15) is 0 Å². The number of aromatic hydroxyl groups is 1. The van der Waals surface area contributed by atoms with E-state index >= 15 is 0 Å². The summed E-state index contributed by atoms with van der Waals surface area (Å²) in [6, 6.07) is 5.03. The maximum absolute atomic E-state index is 9.09. The molecule has 0 aliphatic heterocycles. The van der Waals surface area contributed by atoms with Gasteiger partial charge in [0.25, 0.3) is 0 Å². The molecular weight excluding hydrogens is 196 g/mol. The molecule has 0 unspecified atom stereocenters. The number of phenolic OH excluding ortho intramolecular Hbond substituents is 1. The van der Waals surface area contributed by atoms with Gasteiger partial charge in [-0.15, -0.1) is 0 Å². The number of halogens is 1. The van der Waals surface area contributed by atoms with E-state index in [-0.39, 0.29) is 5.75 Å². The summed E-state index contributed by atoms with van der Waals surface area (Å²) in [5.41, 5.74) is 3.10. The highest BCUT2D eigenvalue weighted by Gasteiger charge is 2.00. The van der Waals surface area contributed by atoms with Gasteiger partial charge in [0.1, 0.15) is 5.75 Å². The number of rotatable bonds is 1. The molecule has 0 saturated heterocycles. The van der Waals surface area contributed by atoms with E-state index in [2.05, 4.69) is 21.4 Å². The van der Waals surface area contributed by atoms with E-state index in [1.165, 1.54) is 0 Å². The fourth-order valence-corrected chi connectivity index (χ4v) is 1.01. The van der Waals surface area contributed by atoms with Crippen molar-refractivity contribution in [3.63, 3.8) is 0 Å². The van der Waals surface area contributed by atoms with Crippen molar-refractivity contribution < 1.29 is 5.11 Å². The Balaban J connectivity index is 3.14. The van der Waals surface area contributed by atoms with Crippen molar-refractivity contribution in [3.8, 4) is 5.75 Å². The number of anilines is 1. The van der Waals surface area contributed by atoms with Crippen LogP contribution < -0.4 is 11.3 Å². The summed E-state index contributed by atoms with van der Waals surface area (Å²) >= 11 is 3.15. The van der Waals surface area contributed by atoms with Crippen molar-refractivity contribution in [3.05, 3.63) is 22.7 Å². The molecule has 1 rings (SSSR count). The van der Waals surface area contributed by atoms with Gasteiger partial charge in [-0.1, -0.05) is 6.07 Å². The van der Waals surface area contributed by atoms with Gasteiger partial charge in [0.2, 0.25) is 0 Å². The SMILES string of the molecule is NNc1cccc(O)c1Br. The van der Waals surface area contributed by atoms with E-state index in [1.54, 1.807) is 18.2 Å². The molecule has 1 aromatic carbocycles. The Hall–Kier alpha value is -0.740. The van der Waals surface area contributed by atoms with Crippen molar-refractivity contribution in [1.82, 2.24) is 0 Å². The lowest BCUT2D eigenvalue weighted by Gasteiger charge is -2.02. The Labute approximate surface area is 67.0 Å². The highest BCUT2D eigenvalue weighted by molar-refractivity contribution is 9.10. The number of nitrogens with two attached hydrogens (primary N) is 1. The topological polar surface area (TPSA) is 58.3 Å². The number of hydrogen-bond donors (Lipinski definition) is 3. The van der Waals surface area contributed by atoms with Crippen LogP contribution in [0.15, 0.2) is 22.7 Å². The van der Waals surface area contributed by atoms with Crippen LogP contribution in [0.5, 0.6) is 5.75 Å². The van der Waals surface area contributed by atoms with Crippen LogP contribution in [-0.2, 0) is 0 Å². The highest BCUT2D eigenvalue weighted by atomic mass is 79.9. The molecule has 1 aromatic rings. The standard InChI is InChI=1S/C6H7BrN2O/c7-6-4(9-8)2-1-3-5(6)10/h1-3,9-10H,8H2. The third-order valence-corrected chi connectivity index (χ3v) is 1.97. The molecule has 0 heterocycles. The first-order valence-electron chi connectivity index (χ1n) is 2.70. The monoisotopic (exact) mass is 202 g/mol. The zero-order valence-electron chi connectivity index (χ0n) is 5.13. The second-order valence-corrected chi connectivity index (χ2v) is 2.58. The van der Waals surface area contributed by atoms with Gasteiger partial charge in [0, 0.05) is 0 Å². The molecule has 10 heavy (non-hydrogen) atoms. The minimum Gasteiger partial charge on any atom is -0.507 e. The molecular formula is C6H7BrN2O. The molecule has 0 aliphatic rings. The molecule has 0 aliphatic carbocycles. The van der Waals surface area contributed by atoms with Crippen LogP contribution in [0.3, 0.4) is 0 Å². The largest absolute Gasteiger partial charge is 0.507 e. The third-order valence-electron chi connectivity index (χ3n) is 1.13. The molecule has 54 valence electrons. The van der Waals surface area contributed by atoms with Crippen LogP contribution in [0.2, 0.25) is 0 Å². The zero-order valence-corrected chi connectivity index (χ0v) is 6.72. The van der Waals surface area contributed by atoms with Gasteiger partial charge in [0.15, 0.2) is 0 Å². The smallest absolute Gasteiger partial charge is 0.131 e. The first-order chi connectivity index (χ1) is 4.75. The summed E-state index contributed by atoms with van der Waals surface area (Å²) in [5.74, 6) is 5.30. The first-order valence-corrected chi connectivity index (χ1v) is 3.49. The molecule has 3 nitrogen and oxygen atoms in total. The van der Waals surface area contributed by atoms with Gasteiger partial charge in [-0.3, -0.25) is 5.84 Å². The highest BCUT2D eigenvalue weighted by Crippen LogP contribution is 2.30. The molecule has 0 fully saturated rings. The van der Waals surface area contributed by atoms with Crippen molar-refractivity contribution in [2.24, 2.45) is 5.84 Å². The molecule has 0 amide bonds. The lowest BCUT2D eigenvalue weighted by molar-refractivity contribution is 0.472. The molecule has 0 aromatic heterocycles. The second kappa shape index (κ2) is 2.90. The van der Waals surface area contributed by atoms with Gasteiger partial charge in [-0.05, 0) is 28.1 Å². The van der Waals surface area contributed by atoms with Crippen LogP contribution in [-0.4, -0.2) is 5.11 Å². The average molecular weight is 203 g/mol. The summed E-state index contributed by atoms with van der Waals surface area (Å²) in [6.45, 7) is 0. The number of phenols is 1. The van der Waals surface area contributed by atoms with Crippen molar-refractivity contribution >= 4 is 21.6 Å². The third kappa shape index (κ3) is 1.22. The van der Waals surface area contributed by atoms with Gasteiger partial charge in [0.05, 0.1) is 10.2 Å². The fourth-order valence-electron chi connectivity index (χ4n) is 0.631. The molecule has 4 heteroatoms. The fraction of sp³-hybridized carbons (Fsp3) is 0. The van der Waals surface area contributed by atoms with Gasteiger partial charge < -0.3 is 10.5 Å². The van der Waals surface area contributed by atoms with Crippen LogP contribution in [0.4, 0.5) is 5.69 Å². The molecule has 0 spiro atoms. The summed E-state index contributed by atoms with van der Waals surface area (Å²) < 4.78 is 0.581. The Morgan fingerprint density at radius 1 is 1.50 bits per heavy atom. The van der Waals surface area contributed by atoms with Crippen molar-refractivity contribution in [2.45, 2.75) is 0 Å². The van der Waals surface area contributed by atoms with E-state index in [0.29, 0.717) is 10.2 Å². The first kappa shape index (κ1) is 7.37. The number of nitrogen functional groups attached to an aromatic ring is 1. The molecule has 4 N–H and O–H groups in total. The summed E-state index contributed by atoms with van der Waals surface area (Å²) in [6.07, 6.45) is 0. The number of hydrogen-bond acceptors (Lipinski definition) is 3. The van der Waals surface area contributed by atoms with Crippen LogP contribution in [0.1, 0.15) is 0 Å². The average Bonchev–Trinajstić information content (AvgIpc) is 1.95. The predicted molar refractivity (Wildman–Crippen MR) is 43.6 cm³/mol. The van der Waals surface area contributed by atoms with Crippen LogP contribution in [0.25, 0.3) is 0 Å². The molecule has 0 bridgehead atoms. The maximum atomic E-state index is 9.09. The second-order valence-electron chi connectivity index (χ2n) is 1.78. The normalized spacial score (nSPS) is 9.40. The Morgan fingerprint density at radius 2 is 2.20 bits per heavy atom. The van der Waals surface area contributed by atoms with Crippen LogP contribution >= 0.6 is 15.9 Å². The van der Waals surface area contributed by atoms with E-state index in [9.17, 15) is 0 Å². The zero-order chi connectivity index (χ0) is 7.56. The Morgan fingerprint density at radius 3 is 2.70 bits per heavy atom. The molecule has 0 atom stereocenters. The number of benzene rings is 1. The van der Waals surface area contributed by atoms with Crippen LogP contribution in [0, 0.1) is 0 Å². The predicted octanol–water partition coefficient (Wildman–Crippen LogP) is 1.44. The lowest BCUT2D eigenvalue weighted by Crippen LogP contribution is -2.06. The van der Waals surface area contributed by atoms with Gasteiger partial charge >= 0.3 is 0 Å². The Kier molecular flexibility index (Phi) is 2.13. The Bertz CT molecular complexity index is 239. The summed E-state index contributed by atoms with van der Waals surface area (Å²) in [7, 11) is 0. The molecule has 0 saturated carbocycles. The van der Waals surface area contributed by atoms with E-state index in [4.69, 9.17) is 10.9 Å². The number of nitrogens with one attached hydrogen (secondary N) is 1. The molecule has 0 radical (unpaired) electrons. The van der Waals surface area contributed by atoms with E-state index < -0.39 is 0 Å². The van der Waals surface area contributed by atoms with E-state index in [0.717, 1.165) is 0 Å². The van der Waals surface area contributed by atoms with Crippen molar-refractivity contribution in [1.29, 1.82) is 0 Å². The van der Waals surface area contributed by atoms with Crippen molar-refractivity contribution in [2.75, 3.05) is 5.43 Å². The summed E-state index contributed by atoms with van der Waals surface area (Å²) in [4.78, 5) is 0. The summed E-state index contributed by atoms with van der Waals surface area (Å²) in [5, 5.41) is 9.09. The number of hydrazine groups is 1. The quantitative estimate of drug-likeness (QED) is 0.478. The maximum Gasteiger partial charge on any atom is 0.131 e.